The number of hydrogen-bond acceptors (Lipinski definition) is 7. The highest BCUT2D eigenvalue weighted by Crippen LogP contribution is 2.37. The third-order valence-electron chi connectivity index (χ3n) is 5.05. The van der Waals surface area contributed by atoms with E-state index in [2.05, 4.69) is 15.3 Å². The van der Waals surface area contributed by atoms with E-state index >= 15 is 0 Å². The molecule has 0 spiro atoms. The molecule has 1 aromatic carbocycles. The summed E-state index contributed by atoms with van der Waals surface area (Å²) in [5, 5.41) is 3.17. The number of rotatable bonds is 5. The zero-order valence-corrected chi connectivity index (χ0v) is 17.3. The molecule has 1 amide bonds. The number of fused-ring (bicyclic) bond motifs is 2. The van der Waals surface area contributed by atoms with Gasteiger partial charge in [0.1, 0.15) is 5.00 Å². The first-order valence-electron chi connectivity index (χ1n) is 9.69. The van der Waals surface area contributed by atoms with Gasteiger partial charge in [-0.2, -0.15) is 0 Å². The number of aromatic nitrogens is 2. The van der Waals surface area contributed by atoms with Gasteiger partial charge < -0.3 is 19.8 Å². The third kappa shape index (κ3) is 4.06. The fourth-order valence-electron chi connectivity index (χ4n) is 3.59. The number of benzene rings is 1. The lowest BCUT2D eigenvalue weighted by Gasteiger charge is -2.08. The minimum absolute atomic E-state index is 0.317. The summed E-state index contributed by atoms with van der Waals surface area (Å²) in [4.78, 5) is 45.1. The lowest BCUT2D eigenvalue weighted by molar-refractivity contribution is -0.119. The Labute approximate surface area is 176 Å². The molecule has 3 aromatic rings. The predicted octanol–water partition coefficient (Wildman–Crippen LogP) is 3.48. The highest BCUT2D eigenvalue weighted by Gasteiger charge is 2.26. The van der Waals surface area contributed by atoms with Crippen LogP contribution in [0.25, 0.3) is 11.0 Å². The van der Waals surface area contributed by atoms with E-state index in [-0.39, 0.29) is 0 Å². The quantitative estimate of drug-likeness (QED) is 0.476. The SMILES string of the molecule is COC(=O)c1c(NC(=O)COC(=O)c2ccc3nc[nH]c3c2)sc2c1CCCCC2. The Hall–Kier alpha value is -3.20. The van der Waals surface area contributed by atoms with Gasteiger partial charge in [-0.1, -0.05) is 6.42 Å². The summed E-state index contributed by atoms with van der Waals surface area (Å²) in [5.74, 6) is -1.58. The third-order valence-corrected chi connectivity index (χ3v) is 6.26. The second-order valence-corrected chi connectivity index (χ2v) is 8.12. The van der Waals surface area contributed by atoms with Crippen molar-refractivity contribution >= 4 is 45.2 Å². The van der Waals surface area contributed by atoms with E-state index in [1.165, 1.54) is 24.8 Å². The van der Waals surface area contributed by atoms with E-state index in [1.54, 1.807) is 18.2 Å². The van der Waals surface area contributed by atoms with Gasteiger partial charge in [0.15, 0.2) is 6.61 Å². The highest BCUT2D eigenvalue weighted by molar-refractivity contribution is 7.17. The molecule has 2 aromatic heterocycles. The summed E-state index contributed by atoms with van der Waals surface area (Å²) in [7, 11) is 1.33. The van der Waals surface area contributed by atoms with Crippen molar-refractivity contribution in [2.75, 3.05) is 19.0 Å². The number of carbonyl (C=O) groups is 3. The van der Waals surface area contributed by atoms with E-state index in [4.69, 9.17) is 9.47 Å². The summed E-state index contributed by atoms with van der Waals surface area (Å²) < 4.78 is 10.1. The maximum atomic E-state index is 12.4. The number of aryl methyl sites for hydroxylation is 1. The summed E-state index contributed by atoms with van der Waals surface area (Å²) in [6, 6.07) is 4.91. The molecule has 0 unspecified atom stereocenters. The van der Waals surface area contributed by atoms with Crippen molar-refractivity contribution < 1.29 is 23.9 Å². The number of carbonyl (C=O) groups excluding carboxylic acids is 3. The van der Waals surface area contributed by atoms with E-state index < -0.39 is 24.5 Å². The molecule has 8 nitrogen and oxygen atoms in total. The summed E-state index contributed by atoms with van der Waals surface area (Å²) in [5.41, 5.74) is 3.14. The number of amides is 1. The summed E-state index contributed by atoms with van der Waals surface area (Å²) in [6.45, 7) is -0.455. The number of ether oxygens (including phenoxy) is 2. The van der Waals surface area contributed by atoms with Gasteiger partial charge in [-0.25, -0.2) is 14.6 Å². The number of esters is 2. The second kappa shape index (κ2) is 8.66. The van der Waals surface area contributed by atoms with Gasteiger partial charge in [0.25, 0.3) is 5.91 Å². The standard InChI is InChI=1S/C21H21N3O5S/c1-28-21(27)18-13-5-3-2-4-6-16(13)30-19(18)24-17(25)10-29-20(26)12-7-8-14-15(9-12)23-11-22-14/h7-9,11H,2-6,10H2,1H3,(H,22,23)(H,24,25). The smallest absolute Gasteiger partial charge is 0.341 e. The largest absolute Gasteiger partial charge is 0.465 e. The molecule has 0 radical (unpaired) electrons. The number of anilines is 1. The molecule has 2 heterocycles. The first-order valence-corrected chi connectivity index (χ1v) is 10.5. The van der Waals surface area contributed by atoms with Crippen LogP contribution in [-0.2, 0) is 27.1 Å². The number of imidazole rings is 1. The van der Waals surface area contributed by atoms with Crippen LogP contribution >= 0.6 is 11.3 Å². The van der Waals surface area contributed by atoms with Gasteiger partial charge in [0.05, 0.1) is 35.6 Å². The molecule has 156 valence electrons. The zero-order valence-electron chi connectivity index (χ0n) is 16.4. The molecule has 4 rings (SSSR count). The van der Waals surface area contributed by atoms with Gasteiger partial charge in [0, 0.05) is 4.88 Å². The fraction of sp³-hybridized carbons (Fsp3) is 0.333. The minimum atomic E-state index is -0.614. The van der Waals surface area contributed by atoms with Crippen LogP contribution < -0.4 is 5.32 Å². The van der Waals surface area contributed by atoms with Crippen molar-refractivity contribution in [1.82, 2.24) is 9.97 Å². The van der Waals surface area contributed by atoms with Crippen LogP contribution in [0.1, 0.15) is 50.4 Å². The Kier molecular flexibility index (Phi) is 5.80. The summed E-state index contributed by atoms with van der Waals surface area (Å²) >= 11 is 1.40. The molecular weight excluding hydrogens is 406 g/mol. The predicted molar refractivity (Wildman–Crippen MR) is 112 cm³/mol. The molecule has 1 aliphatic carbocycles. The van der Waals surface area contributed by atoms with Crippen molar-refractivity contribution in [3.05, 3.63) is 46.1 Å². The Morgan fingerprint density at radius 1 is 1.17 bits per heavy atom. The molecule has 2 N–H and O–H groups in total. The van der Waals surface area contributed by atoms with Crippen molar-refractivity contribution in [2.24, 2.45) is 0 Å². The number of thiophene rings is 1. The second-order valence-electron chi connectivity index (χ2n) is 7.02. The van der Waals surface area contributed by atoms with Crippen molar-refractivity contribution in [3.63, 3.8) is 0 Å². The molecule has 0 fully saturated rings. The van der Waals surface area contributed by atoms with E-state index in [1.807, 2.05) is 0 Å². The highest BCUT2D eigenvalue weighted by atomic mass is 32.1. The number of aromatic amines is 1. The average molecular weight is 427 g/mol. The number of hydrogen-bond donors (Lipinski definition) is 2. The fourth-order valence-corrected chi connectivity index (χ4v) is 4.88. The van der Waals surface area contributed by atoms with Gasteiger partial charge in [-0.15, -0.1) is 11.3 Å². The Bertz CT molecular complexity index is 1120. The number of methoxy groups -OCH3 is 1. The number of H-pyrrole nitrogens is 1. The van der Waals surface area contributed by atoms with Gasteiger partial charge in [-0.3, -0.25) is 4.79 Å². The summed E-state index contributed by atoms with van der Waals surface area (Å²) in [6.07, 6.45) is 6.38. The first kappa shape index (κ1) is 20.1. The van der Waals surface area contributed by atoms with Crippen LogP contribution in [0, 0.1) is 0 Å². The molecule has 0 aliphatic heterocycles. The Morgan fingerprint density at radius 3 is 2.83 bits per heavy atom. The van der Waals surface area contributed by atoms with Crippen LogP contribution in [0.3, 0.4) is 0 Å². The topological polar surface area (TPSA) is 110 Å². The molecule has 9 heteroatoms. The molecule has 0 saturated heterocycles. The number of nitrogens with one attached hydrogen (secondary N) is 2. The molecule has 0 atom stereocenters. The lowest BCUT2D eigenvalue weighted by atomic mass is 10.1. The molecule has 0 bridgehead atoms. The van der Waals surface area contributed by atoms with Gasteiger partial charge in [-0.05, 0) is 49.4 Å². The zero-order chi connectivity index (χ0) is 21.1. The van der Waals surface area contributed by atoms with Crippen LogP contribution in [0.2, 0.25) is 0 Å². The van der Waals surface area contributed by atoms with Crippen LogP contribution in [0.5, 0.6) is 0 Å². The first-order chi connectivity index (χ1) is 14.6. The molecular formula is C21H21N3O5S. The lowest BCUT2D eigenvalue weighted by Crippen LogP contribution is -2.21. The van der Waals surface area contributed by atoms with Crippen LogP contribution in [0.15, 0.2) is 24.5 Å². The number of nitrogens with zero attached hydrogens (tertiary/aromatic N) is 1. The van der Waals surface area contributed by atoms with E-state index in [9.17, 15) is 14.4 Å². The minimum Gasteiger partial charge on any atom is -0.465 e. The van der Waals surface area contributed by atoms with Crippen molar-refractivity contribution in [3.8, 4) is 0 Å². The normalized spacial score (nSPS) is 13.4. The van der Waals surface area contributed by atoms with E-state index in [0.29, 0.717) is 21.6 Å². The van der Waals surface area contributed by atoms with Gasteiger partial charge in [0.2, 0.25) is 0 Å². The Morgan fingerprint density at radius 2 is 2.00 bits per heavy atom. The van der Waals surface area contributed by atoms with Crippen molar-refractivity contribution in [2.45, 2.75) is 32.1 Å². The molecule has 0 saturated carbocycles. The van der Waals surface area contributed by atoms with Crippen LogP contribution in [0.4, 0.5) is 5.00 Å². The van der Waals surface area contributed by atoms with E-state index in [0.717, 1.165) is 48.1 Å². The molecule has 1 aliphatic rings. The van der Waals surface area contributed by atoms with Crippen molar-refractivity contribution in [1.29, 1.82) is 0 Å². The Balaban J connectivity index is 1.44. The van der Waals surface area contributed by atoms with Gasteiger partial charge >= 0.3 is 11.9 Å². The van der Waals surface area contributed by atoms with Crippen LogP contribution in [-0.4, -0.2) is 41.5 Å². The monoisotopic (exact) mass is 427 g/mol. The maximum absolute atomic E-state index is 12.4. The molecule has 30 heavy (non-hydrogen) atoms. The average Bonchev–Trinajstić information content (AvgIpc) is 3.28. The maximum Gasteiger partial charge on any atom is 0.341 e.